The molecule has 1 aromatic rings. The Morgan fingerprint density at radius 3 is 2.64 bits per heavy atom. The summed E-state index contributed by atoms with van der Waals surface area (Å²) < 4.78 is 17.7. The normalized spacial score (nSPS) is 9.82. The van der Waals surface area contributed by atoms with Gasteiger partial charge in [0.2, 0.25) is 0 Å². The van der Waals surface area contributed by atoms with Crippen LogP contribution in [-0.4, -0.2) is 7.11 Å². The van der Waals surface area contributed by atoms with E-state index in [9.17, 15) is 4.39 Å². The second-order valence-corrected chi connectivity index (χ2v) is 2.67. The fraction of sp³-hybridized carbons (Fsp3) is 0.250. The zero-order valence-corrected chi connectivity index (χ0v) is 7.07. The van der Waals surface area contributed by atoms with Gasteiger partial charge in [-0.05, 0) is 24.6 Å². The minimum atomic E-state index is -0.500. The lowest BCUT2D eigenvalue weighted by molar-refractivity contribution is 0.386. The largest absolute Gasteiger partial charge is 0.494 e. The molecule has 0 aliphatic rings. The van der Waals surface area contributed by atoms with E-state index in [2.05, 4.69) is 0 Å². The molecule has 3 heteroatoms. The second kappa shape index (κ2) is 3.09. The first-order valence-electron chi connectivity index (χ1n) is 3.15. The Balaban J connectivity index is 3.24. The van der Waals surface area contributed by atoms with Gasteiger partial charge < -0.3 is 4.74 Å². The predicted octanol–water partition coefficient (Wildman–Crippen LogP) is 2.80. The highest BCUT2D eigenvalue weighted by molar-refractivity contribution is 6.30. The Kier molecular flexibility index (Phi) is 2.35. The number of hydrogen-bond donors (Lipinski definition) is 0. The molecule has 0 heterocycles. The van der Waals surface area contributed by atoms with E-state index >= 15 is 0 Å². The minimum Gasteiger partial charge on any atom is -0.494 e. The monoisotopic (exact) mass is 174 g/mol. The van der Waals surface area contributed by atoms with Gasteiger partial charge in [-0.3, -0.25) is 0 Å². The molecule has 0 unspecified atom stereocenters. The zero-order chi connectivity index (χ0) is 8.43. The molecule has 0 amide bonds. The molecular formula is C8H8ClFO. The van der Waals surface area contributed by atoms with Crippen molar-refractivity contribution in [3.63, 3.8) is 0 Å². The van der Waals surface area contributed by atoms with Crippen molar-refractivity contribution in [1.82, 2.24) is 0 Å². The van der Waals surface area contributed by atoms with Crippen molar-refractivity contribution in [2.45, 2.75) is 6.92 Å². The molecule has 0 fully saturated rings. The van der Waals surface area contributed by atoms with Crippen LogP contribution in [0.4, 0.5) is 4.39 Å². The lowest BCUT2D eigenvalue weighted by atomic mass is 10.2. The first kappa shape index (κ1) is 8.34. The highest BCUT2D eigenvalue weighted by atomic mass is 35.5. The number of ether oxygens (including phenoxy) is 1. The molecule has 0 bridgehead atoms. The number of benzene rings is 1. The van der Waals surface area contributed by atoms with E-state index in [1.807, 2.05) is 6.92 Å². The van der Waals surface area contributed by atoms with E-state index in [0.717, 1.165) is 5.56 Å². The molecule has 0 aliphatic heterocycles. The topological polar surface area (TPSA) is 9.23 Å². The third-order valence-electron chi connectivity index (χ3n) is 1.36. The van der Waals surface area contributed by atoms with E-state index in [1.165, 1.54) is 7.11 Å². The molecular weight excluding hydrogens is 167 g/mol. The maximum Gasteiger partial charge on any atom is 0.183 e. The molecule has 11 heavy (non-hydrogen) atoms. The van der Waals surface area contributed by atoms with Crippen LogP contribution in [0.3, 0.4) is 0 Å². The number of aryl methyl sites for hydroxylation is 1. The molecule has 1 nitrogen and oxygen atoms in total. The molecule has 1 aromatic carbocycles. The van der Waals surface area contributed by atoms with Gasteiger partial charge in [-0.2, -0.15) is 0 Å². The number of hydrogen-bond acceptors (Lipinski definition) is 1. The van der Waals surface area contributed by atoms with Gasteiger partial charge in [0.25, 0.3) is 0 Å². The number of halogens is 2. The molecule has 0 radical (unpaired) electrons. The third kappa shape index (κ3) is 1.63. The highest BCUT2D eigenvalue weighted by Crippen LogP contribution is 2.25. The summed E-state index contributed by atoms with van der Waals surface area (Å²) in [7, 11) is 1.41. The smallest absolute Gasteiger partial charge is 0.183 e. The Bertz CT molecular complexity index is 273. The van der Waals surface area contributed by atoms with Crippen molar-refractivity contribution in [2.75, 3.05) is 7.11 Å². The number of rotatable bonds is 1. The van der Waals surface area contributed by atoms with E-state index in [0.29, 0.717) is 0 Å². The Morgan fingerprint density at radius 1 is 1.45 bits per heavy atom. The van der Waals surface area contributed by atoms with Crippen molar-refractivity contribution in [3.05, 3.63) is 28.5 Å². The van der Waals surface area contributed by atoms with Gasteiger partial charge in [0.15, 0.2) is 11.6 Å². The fourth-order valence-electron chi connectivity index (χ4n) is 0.841. The number of methoxy groups -OCH3 is 1. The quantitative estimate of drug-likeness (QED) is 0.636. The SMILES string of the molecule is COc1cc(C)cc(Cl)c1F. The molecule has 0 saturated carbocycles. The summed E-state index contributed by atoms with van der Waals surface area (Å²) in [5.41, 5.74) is 0.883. The zero-order valence-electron chi connectivity index (χ0n) is 6.32. The Morgan fingerprint density at radius 2 is 2.09 bits per heavy atom. The van der Waals surface area contributed by atoms with Gasteiger partial charge in [-0.1, -0.05) is 11.6 Å². The summed E-state index contributed by atoms with van der Waals surface area (Å²) in [5, 5.41) is 0.0989. The van der Waals surface area contributed by atoms with Gasteiger partial charge in [0.05, 0.1) is 12.1 Å². The highest BCUT2D eigenvalue weighted by Gasteiger charge is 2.06. The molecule has 0 atom stereocenters. The van der Waals surface area contributed by atoms with Crippen molar-refractivity contribution < 1.29 is 9.13 Å². The molecule has 0 saturated heterocycles. The molecule has 0 N–H and O–H groups in total. The van der Waals surface area contributed by atoms with Gasteiger partial charge in [-0.25, -0.2) is 4.39 Å². The van der Waals surface area contributed by atoms with Crippen LogP contribution in [0.15, 0.2) is 12.1 Å². The lowest BCUT2D eigenvalue weighted by Gasteiger charge is -2.03. The van der Waals surface area contributed by atoms with Crippen LogP contribution >= 0.6 is 11.6 Å². The van der Waals surface area contributed by atoms with Crippen LogP contribution in [-0.2, 0) is 0 Å². The van der Waals surface area contributed by atoms with Crippen molar-refractivity contribution in [1.29, 1.82) is 0 Å². The third-order valence-corrected chi connectivity index (χ3v) is 1.63. The van der Waals surface area contributed by atoms with Crippen LogP contribution in [0.1, 0.15) is 5.56 Å². The maximum atomic E-state index is 12.9. The van der Waals surface area contributed by atoms with Crippen molar-refractivity contribution in [2.24, 2.45) is 0 Å². The fourth-order valence-corrected chi connectivity index (χ4v) is 1.11. The minimum absolute atomic E-state index is 0.0989. The maximum absolute atomic E-state index is 12.9. The first-order chi connectivity index (χ1) is 5.15. The average molecular weight is 175 g/mol. The molecule has 0 aromatic heterocycles. The van der Waals surface area contributed by atoms with E-state index in [1.54, 1.807) is 12.1 Å². The summed E-state index contributed by atoms with van der Waals surface area (Å²) in [4.78, 5) is 0. The van der Waals surface area contributed by atoms with Crippen molar-refractivity contribution in [3.8, 4) is 5.75 Å². The summed E-state index contributed by atoms with van der Waals surface area (Å²) in [6, 6.07) is 3.15. The first-order valence-corrected chi connectivity index (χ1v) is 3.52. The van der Waals surface area contributed by atoms with Crippen LogP contribution in [0.25, 0.3) is 0 Å². The molecule has 0 aliphatic carbocycles. The van der Waals surface area contributed by atoms with E-state index in [-0.39, 0.29) is 10.8 Å². The van der Waals surface area contributed by atoms with Gasteiger partial charge in [0.1, 0.15) is 0 Å². The van der Waals surface area contributed by atoms with E-state index in [4.69, 9.17) is 16.3 Å². The van der Waals surface area contributed by atoms with Crippen molar-refractivity contribution >= 4 is 11.6 Å². The van der Waals surface area contributed by atoms with Crippen LogP contribution in [0.2, 0.25) is 5.02 Å². The molecule has 60 valence electrons. The van der Waals surface area contributed by atoms with Crippen LogP contribution in [0.5, 0.6) is 5.75 Å². The van der Waals surface area contributed by atoms with E-state index < -0.39 is 5.82 Å². The van der Waals surface area contributed by atoms with Gasteiger partial charge >= 0.3 is 0 Å². The van der Waals surface area contributed by atoms with Gasteiger partial charge in [-0.15, -0.1) is 0 Å². The predicted molar refractivity (Wildman–Crippen MR) is 42.7 cm³/mol. The Hall–Kier alpha value is -0.760. The van der Waals surface area contributed by atoms with Gasteiger partial charge in [0, 0.05) is 0 Å². The van der Waals surface area contributed by atoms with Crippen LogP contribution < -0.4 is 4.74 Å². The average Bonchev–Trinajstić information content (AvgIpc) is 1.96. The van der Waals surface area contributed by atoms with Crippen LogP contribution in [0, 0.1) is 12.7 Å². The molecule has 1 rings (SSSR count). The lowest BCUT2D eigenvalue weighted by Crippen LogP contribution is -1.89. The summed E-state index contributed by atoms with van der Waals surface area (Å²) in [6.45, 7) is 1.83. The summed E-state index contributed by atoms with van der Waals surface area (Å²) in [6.07, 6.45) is 0. The standard InChI is InChI=1S/C8H8ClFO/c1-5-3-6(9)8(10)7(4-5)11-2/h3-4H,1-2H3. The molecule has 0 spiro atoms. The summed E-state index contributed by atoms with van der Waals surface area (Å²) >= 11 is 5.54. The second-order valence-electron chi connectivity index (χ2n) is 2.26. The Labute approximate surface area is 69.7 Å². The summed E-state index contributed by atoms with van der Waals surface area (Å²) in [5.74, 6) is -0.310.